The Morgan fingerprint density at radius 1 is 0.955 bits per heavy atom. The first kappa shape index (κ1) is 20.2. The molecule has 2 rings (SSSR count). The van der Waals surface area contributed by atoms with Gasteiger partial charge in [-0.3, -0.25) is 4.98 Å². The van der Waals surface area contributed by atoms with Gasteiger partial charge < -0.3 is 0 Å². The number of aryl methyl sites for hydroxylation is 1. The van der Waals surface area contributed by atoms with Gasteiger partial charge in [0.2, 0.25) is 0 Å². The summed E-state index contributed by atoms with van der Waals surface area (Å²) in [7, 11) is 0. The Morgan fingerprint density at radius 2 is 1.68 bits per heavy atom. The normalized spacial score (nSPS) is 10.6. The van der Waals surface area contributed by atoms with E-state index in [4.69, 9.17) is 0 Å². The lowest BCUT2D eigenvalue weighted by Gasteiger charge is -2.05. The summed E-state index contributed by atoms with van der Waals surface area (Å²) in [6.07, 6.45) is 10.4. The molecule has 0 radical (unpaired) electrons. The molecule has 0 spiro atoms. The molecule has 2 aromatic heterocycles. The summed E-state index contributed by atoms with van der Waals surface area (Å²) < 4.78 is 0. The average molecular weight is 301 g/mol. The maximum absolute atomic E-state index is 4.25. The Bertz CT molecular complexity index is 441. The molecular formula is C19H31N3. The van der Waals surface area contributed by atoms with Crippen molar-refractivity contribution in [2.75, 3.05) is 0 Å². The van der Waals surface area contributed by atoms with Crippen molar-refractivity contribution >= 4 is 0 Å². The van der Waals surface area contributed by atoms with Crippen LogP contribution in [-0.2, 0) is 0 Å². The van der Waals surface area contributed by atoms with Crippen LogP contribution in [0, 0.1) is 6.92 Å². The lowest BCUT2D eigenvalue weighted by molar-refractivity contribution is 0.708. The van der Waals surface area contributed by atoms with Gasteiger partial charge in [0.15, 0.2) is 0 Å². The summed E-state index contributed by atoms with van der Waals surface area (Å²) in [4.78, 5) is 11.9. The van der Waals surface area contributed by atoms with Crippen molar-refractivity contribution < 1.29 is 0 Å². The van der Waals surface area contributed by atoms with Gasteiger partial charge in [-0.2, -0.15) is 0 Å². The maximum Gasteiger partial charge on any atom is 0.115 e. The zero-order valence-electron chi connectivity index (χ0n) is 14.8. The number of hydrogen-bond donors (Lipinski definition) is 0. The van der Waals surface area contributed by atoms with Gasteiger partial charge in [-0.05, 0) is 37.5 Å². The van der Waals surface area contributed by atoms with Crippen molar-refractivity contribution in [1.82, 2.24) is 15.0 Å². The highest BCUT2D eigenvalue weighted by atomic mass is 14.8. The molecule has 0 aliphatic heterocycles. The van der Waals surface area contributed by atoms with Crippen LogP contribution in [0.1, 0.15) is 70.7 Å². The van der Waals surface area contributed by atoms with Gasteiger partial charge in [0.25, 0.3) is 0 Å². The molecule has 22 heavy (non-hydrogen) atoms. The minimum atomic E-state index is 0.598. The van der Waals surface area contributed by atoms with Crippen LogP contribution in [0.3, 0.4) is 0 Å². The van der Waals surface area contributed by atoms with Crippen LogP contribution in [-0.4, -0.2) is 15.0 Å². The van der Waals surface area contributed by atoms with Gasteiger partial charge in [0.1, 0.15) is 6.33 Å². The predicted octanol–water partition coefficient (Wildman–Crippen LogP) is 5.58. The molecule has 0 N–H and O–H groups in total. The van der Waals surface area contributed by atoms with E-state index in [1.165, 1.54) is 31.3 Å². The molecule has 0 aliphatic rings. The molecule has 2 aromatic rings. The lowest BCUT2D eigenvalue weighted by Crippen LogP contribution is -1.93. The van der Waals surface area contributed by atoms with Crippen molar-refractivity contribution in [2.45, 2.75) is 66.2 Å². The Kier molecular flexibility index (Phi) is 13.0. The quantitative estimate of drug-likeness (QED) is 0.740. The fraction of sp³-hybridized carbons (Fsp3) is 0.526. The van der Waals surface area contributed by atoms with E-state index < -0.39 is 0 Å². The summed E-state index contributed by atoms with van der Waals surface area (Å²) >= 11 is 0. The second kappa shape index (κ2) is 14.2. The molecule has 0 saturated carbocycles. The number of hydrogen-bond acceptors (Lipinski definition) is 3. The van der Waals surface area contributed by atoms with E-state index in [1.54, 1.807) is 6.20 Å². The SMILES string of the molecule is CCC(C)c1ccccn1.CCCCC.Cc1ccncn1. The third kappa shape index (κ3) is 11.0. The lowest BCUT2D eigenvalue weighted by atomic mass is 10.1. The Balaban J connectivity index is 0.000000322. The minimum Gasteiger partial charge on any atom is -0.261 e. The van der Waals surface area contributed by atoms with E-state index in [0.29, 0.717) is 5.92 Å². The van der Waals surface area contributed by atoms with Gasteiger partial charge in [-0.25, -0.2) is 9.97 Å². The first-order valence-electron chi connectivity index (χ1n) is 8.29. The molecule has 0 aliphatic carbocycles. The summed E-state index contributed by atoms with van der Waals surface area (Å²) in [5.41, 5.74) is 2.21. The summed E-state index contributed by atoms with van der Waals surface area (Å²) in [6, 6.07) is 7.93. The van der Waals surface area contributed by atoms with Crippen LogP contribution in [0.5, 0.6) is 0 Å². The van der Waals surface area contributed by atoms with Crippen molar-refractivity contribution in [3.8, 4) is 0 Å². The topological polar surface area (TPSA) is 38.7 Å². The number of nitrogens with zero attached hydrogens (tertiary/aromatic N) is 3. The highest BCUT2D eigenvalue weighted by Crippen LogP contribution is 2.14. The first-order chi connectivity index (χ1) is 10.7. The summed E-state index contributed by atoms with van der Waals surface area (Å²) in [6.45, 7) is 10.7. The van der Waals surface area contributed by atoms with Gasteiger partial charge in [-0.15, -0.1) is 0 Å². The van der Waals surface area contributed by atoms with Gasteiger partial charge in [0, 0.05) is 23.8 Å². The van der Waals surface area contributed by atoms with E-state index >= 15 is 0 Å². The van der Waals surface area contributed by atoms with Crippen molar-refractivity contribution in [3.05, 3.63) is 54.4 Å². The van der Waals surface area contributed by atoms with Crippen LogP contribution < -0.4 is 0 Å². The zero-order chi connectivity index (χ0) is 16.6. The van der Waals surface area contributed by atoms with Crippen molar-refractivity contribution in [2.24, 2.45) is 0 Å². The molecule has 0 amide bonds. The zero-order valence-corrected chi connectivity index (χ0v) is 14.8. The van der Waals surface area contributed by atoms with E-state index in [0.717, 1.165) is 12.1 Å². The maximum atomic E-state index is 4.25. The number of pyridine rings is 1. The highest BCUT2D eigenvalue weighted by Gasteiger charge is 2.00. The van der Waals surface area contributed by atoms with E-state index in [-0.39, 0.29) is 0 Å². The molecule has 3 nitrogen and oxygen atoms in total. The molecule has 2 heterocycles. The van der Waals surface area contributed by atoms with E-state index in [1.807, 2.05) is 31.3 Å². The number of unbranched alkanes of at least 4 members (excludes halogenated alkanes) is 2. The van der Waals surface area contributed by atoms with Gasteiger partial charge in [-0.1, -0.05) is 53.0 Å². The van der Waals surface area contributed by atoms with Crippen molar-refractivity contribution in [1.29, 1.82) is 0 Å². The molecule has 0 bridgehead atoms. The average Bonchev–Trinajstić information content (AvgIpc) is 2.57. The summed E-state index contributed by atoms with van der Waals surface area (Å²) in [5.74, 6) is 0.598. The van der Waals surface area contributed by atoms with Gasteiger partial charge in [0.05, 0.1) is 0 Å². The van der Waals surface area contributed by atoms with Crippen LogP contribution in [0.2, 0.25) is 0 Å². The molecule has 1 atom stereocenters. The Hall–Kier alpha value is -1.77. The second-order valence-electron chi connectivity index (χ2n) is 5.27. The first-order valence-corrected chi connectivity index (χ1v) is 8.29. The van der Waals surface area contributed by atoms with Crippen LogP contribution >= 0.6 is 0 Å². The largest absolute Gasteiger partial charge is 0.261 e. The highest BCUT2D eigenvalue weighted by molar-refractivity contribution is 5.07. The molecule has 1 unspecified atom stereocenters. The fourth-order valence-corrected chi connectivity index (χ4v) is 1.59. The predicted molar refractivity (Wildman–Crippen MR) is 94.9 cm³/mol. The van der Waals surface area contributed by atoms with Crippen LogP contribution in [0.15, 0.2) is 43.0 Å². The number of rotatable bonds is 4. The molecule has 0 saturated heterocycles. The Morgan fingerprint density at radius 3 is 2.00 bits per heavy atom. The molecule has 0 aromatic carbocycles. The second-order valence-corrected chi connectivity index (χ2v) is 5.27. The third-order valence-electron chi connectivity index (χ3n) is 3.24. The minimum absolute atomic E-state index is 0.598. The van der Waals surface area contributed by atoms with E-state index in [2.05, 4.69) is 48.7 Å². The van der Waals surface area contributed by atoms with Gasteiger partial charge >= 0.3 is 0 Å². The smallest absolute Gasteiger partial charge is 0.115 e. The number of aromatic nitrogens is 3. The van der Waals surface area contributed by atoms with Crippen LogP contribution in [0.4, 0.5) is 0 Å². The fourth-order valence-electron chi connectivity index (χ4n) is 1.59. The molecule has 3 heteroatoms. The van der Waals surface area contributed by atoms with E-state index in [9.17, 15) is 0 Å². The van der Waals surface area contributed by atoms with Crippen molar-refractivity contribution in [3.63, 3.8) is 0 Å². The van der Waals surface area contributed by atoms with Crippen LogP contribution in [0.25, 0.3) is 0 Å². The molecule has 122 valence electrons. The molecule has 0 fully saturated rings. The Labute approximate surface area is 136 Å². The monoisotopic (exact) mass is 301 g/mol. The standard InChI is InChI=1S/C9H13N.C5H6N2.C5H12/c1-3-8(2)9-6-4-5-7-10-9;1-5-2-3-6-4-7-5;1-3-5-4-2/h4-8H,3H2,1-2H3;2-4H,1H3;3-5H2,1-2H3. The third-order valence-corrected chi connectivity index (χ3v) is 3.24. The summed E-state index contributed by atoms with van der Waals surface area (Å²) in [5, 5.41) is 0. The molecular weight excluding hydrogens is 270 g/mol.